The number of likely N-dealkylation sites (tertiary alicyclic amines) is 1. The van der Waals surface area contributed by atoms with Crippen LogP contribution in [0, 0.1) is 5.82 Å². The molecule has 0 aliphatic carbocycles. The average molecular weight is 315 g/mol. The van der Waals surface area contributed by atoms with Crippen molar-refractivity contribution in [2.75, 3.05) is 20.2 Å². The first-order valence-corrected chi connectivity index (χ1v) is 7.43. The standard InChI is InChI=1S/C15H20ClFN2O2/c1-10(13-4-3-11(17)9-14(13)16)18-12-5-7-19(8-6-12)15(20)21-2/h3-4,9-10,12,18H,5-8H2,1-2H3/t10-/m1/s1. The van der Waals surface area contributed by atoms with Crippen molar-refractivity contribution >= 4 is 17.7 Å². The predicted molar refractivity (Wildman–Crippen MR) is 80.0 cm³/mol. The Hall–Kier alpha value is -1.33. The summed E-state index contributed by atoms with van der Waals surface area (Å²) in [4.78, 5) is 13.1. The van der Waals surface area contributed by atoms with Crippen LogP contribution in [0.5, 0.6) is 0 Å². The van der Waals surface area contributed by atoms with Gasteiger partial charge in [0.25, 0.3) is 0 Å². The summed E-state index contributed by atoms with van der Waals surface area (Å²) in [7, 11) is 1.39. The third kappa shape index (κ3) is 4.08. The first-order chi connectivity index (χ1) is 10.0. The van der Waals surface area contributed by atoms with Gasteiger partial charge in [-0.15, -0.1) is 0 Å². The molecule has 1 heterocycles. The molecular weight excluding hydrogens is 295 g/mol. The largest absolute Gasteiger partial charge is 0.453 e. The van der Waals surface area contributed by atoms with Crippen molar-refractivity contribution in [2.45, 2.75) is 31.8 Å². The molecule has 2 rings (SSSR count). The number of halogens is 2. The van der Waals surface area contributed by atoms with Crippen molar-refractivity contribution in [3.05, 3.63) is 34.6 Å². The van der Waals surface area contributed by atoms with E-state index in [0.717, 1.165) is 18.4 Å². The Bertz CT molecular complexity index is 504. The third-order valence-corrected chi connectivity index (χ3v) is 4.17. The van der Waals surface area contributed by atoms with E-state index in [4.69, 9.17) is 16.3 Å². The molecular formula is C15H20ClFN2O2. The molecule has 0 aromatic heterocycles. The molecule has 0 saturated carbocycles. The number of rotatable bonds is 3. The van der Waals surface area contributed by atoms with Crippen LogP contribution in [0.15, 0.2) is 18.2 Å². The van der Waals surface area contributed by atoms with E-state index in [1.54, 1.807) is 11.0 Å². The third-order valence-electron chi connectivity index (χ3n) is 3.84. The summed E-state index contributed by atoms with van der Waals surface area (Å²) in [5.74, 6) is -0.331. The van der Waals surface area contributed by atoms with Crippen molar-refractivity contribution in [3.63, 3.8) is 0 Å². The molecule has 0 radical (unpaired) electrons. The van der Waals surface area contributed by atoms with Gasteiger partial charge in [-0.25, -0.2) is 9.18 Å². The lowest BCUT2D eigenvalue weighted by Gasteiger charge is -2.33. The fourth-order valence-electron chi connectivity index (χ4n) is 2.65. The van der Waals surface area contributed by atoms with Gasteiger partial charge in [0.15, 0.2) is 0 Å². The molecule has 1 aromatic carbocycles. The van der Waals surface area contributed by atoms with Crippen molar-refractivity contribution in [1.29, 1.82) is 0 Å². The Kier molecular flexibility index (Phi) is 5.42. The van der Waals surface area contributed by atoms with Gasteiger partial charge < -0.3 is 15.0 Å². The molecule has 1 N–H and O–H groups in total. The van der Waals surface area contributed by atoms with Crippen LogP contribution in [0.1, 0.15) is 31.4 Å². The first kappa shape index (κ1) is 16.0. The molecule has 0 unspecified atom stereocenters. The Morgan fingerprint density at radius 2 is 2.14 bits per heavy atom. The number of piperidine rings is 1. The molecule has 1 saturated heterocycles. The Balaban J connectivity index is 1.89. The summed E-state index contributed by atoms with van der Waals surface area (Å²) in [5.41, 5.74) is 0.883. The number of hydrogen-bond acceptors (Lipinski definition) is 3. The summed E-state index contributed by atoms with van der Waals surface area (Å²) in [5, 5.41) is 3.92. The van der Waals surface area contributed by atoms with E-state index in [9.17, 15) is 9.18 Å². The Morgan fingerprint density at radius 3 is 2.71 bits per heavy atom. The van der Waals surface area contributed by atoms with Crippen molar-refractivity contribution in [3.8, 4) is 0 Å². The second-order valence-electron chi connectivity index (χ2n) is 5.29. The summed E-state index contributed by atoms with van der Waals surface area (Å²) in [6.07, 6.45) is 1.44. The maximum absolute atomic E-state index is 13.1. The molecule has 1 aliphatic heterocycles. The maximum Gasteiger partial charge on any atom is 0.409 e. The van der Waals surface area contributed by atoms with E-state index in [0.29, 0.717) is 24.2 Å². The van der Waals surface area contributed by atoms with E-state index in [2.05, 4.69) is 5.32 Å². The minimum atomic E-state index is -0.331. The van der Waals surface area contributed by atoms with Crippen LogP contribution in [0.3, 0.4) is 0 Å². The second-order valence-corrected chi connectivity index (χ2v) is 5.69. The van der Waals surface area contributed by atoms with Gasteiger partial charge in [-0.3, -0.25) is 0 Å². The van der Waals surface area contributed by atoms with Crippen LogP contribution in [-0.4, -0.2) is 37.2 Å². The highest BCUT2D eigenvalue weighted by Gasteiger charge is 2.24. The highest BCUT2D eigenvalue weighted by molar-refractivity contribution is 6.31. The van der Waals surface area contributed by atoms with Crippen LogP contribution in [-0.2, 0) is 4.74 Å². The highest BCUT2D eigenvalue weighted by Crippen LogP contribution is 2.25. The van der Waals surface area contributed by atoms with Crippen molar-refractivity contribution in [1.82, 2.24) is 10.2 Å². The smallest absolute Gasteiger partial charge is 0.409 e. The Labute approximate surface area is 129 Å². The van der Waals surface area contributed by atoms with Crippen molar-refractivity contribution < 1.29 is 13.9 Å². The zero-order chi connectivity index (χ0) is 15.4. The molecule has 0 spiro atoms. The van der Waals surface area contributed by atoms with Gasteiger partial charge in [0.1, 0.15) is 5.82 Å². The summed E-state index contributed by atoms with van der Waals surface area (Å²) in [6.45, 7) is 3.36. The van der Waals surface area contributed by atoms with Crippen LogP contribution >= 0.6 is 11.6 Å². The number of ether oxygens (including phenoxy) is 1. The number of carbonyl (C=O) groups is 1. The number of nitrogens with zero attached hydrogens (tertiary/aromatic N) is 1. The van der Waals surface area contributed by atoms with Crippen LogP contribution < -0.4 is 5.32 Å². The highest BCUT2D eigenvalue weighted by atomic mass is 35.5. The molecule has 116 valence electrons. The van der Waals surface area contributed by atoms with Gasteiger partial charge in [-0.2, -0.15) is 0 Å². The van der Waals surface area contributed by atoms with Gasteiger partial charge in [0, 0.05) is 30.2 Å². The van der Waals surface area contributed by atoms with Gasteiger partial charge >= 0.3 is 6.09 Å². The monoisotopic (exact) mass is 314 g/mol. The summed E-state index contributed by atoms with van der Waals surface area (Å²) >= 11 is 6.08. The maximum atomic E-state index is 13.1. The summed E-state index contributed by atoms with van der Waals surface area (Å²) < 4.78 is 17.8. The molecule has 1 aliphatic rings. The quantitative estimate of drug-likeness (QED) is 0.930. The number of amides is 1. The number of carbonyl (C=O) groups excluding carboxylic acids is 1. The minimum Gasteiger partial charge on any atom is -0.453 e. The van der Waals surface area contributed by atoms with Gasteiger partial charge in [-0.1, -0.05) is 17.7 Å². The number of hydrogen-bond donors (Lipinski definition) is 1. The van der Waals surface area contributed by atoms with E-state index < -0.39 is 0 Å². The van der Waals surface area contributed by atoms with Gasteiger partial charge in [0.05, 0.1) is 7.11 Å². The van der Waals surface area contributed by atoms with E-state index in [-0.39, 0.29) is 18.0 Å². The number of nitrogens with one attached hydrogen (secondary N) is 1. The zero-order valence-electron chi connectivity index (χ0n) is 12.2. The van der Waals surface area contributed by atoms with Gasteiger partial charge in [0.2, 0.25) is 0 Å². The number of methoxy groups -OCH3 is 1. The molecule has 1 aromatic rings. The molecule has 1 amide bonds. The first-order valence-electron chi connectivity index (χ1n) is 7.05. The lowest BCUT2D eigenvalue weighted by molar-refractivity contribution is 0.109. The van der Waals surface area contributed by atoms with Crippen LogP contribution in [0.4, 0.5) is 9.18 Å². The van der Waals surface area contributed by atoms with Crippen molar-refractivity contribution in [2.24, 2.45) is 0 Å². The lowest BCUT2D eigenvalue weighted by atomic mass is 10.0. The fourth-order valence-corrected chi connectivity index (χ4v) is 2.98. The topological polar surface area (TPSA) is 41.6 Å². The molecule has 21 heavy (non-hydrogen) atoms. The van der Waals surface area contributed by atoms with Crippen LogP contribution in [0.25, 0.3) is 0 Å². The van der Waals surface area contributed by atoms with E-state index >= 15 is 0 Å². The number of benzene rings is 1. The second kappa shape index (κ2) is 7.09. The Morgan fingerprint density at radius 1 is 1.48 bits per heavy atom. The SMILES string of the molecule is COC(=O)N1CCC(N[C@H](C)c2ccc(F)cc2Cl)CC1. The molecule has 4 nitrogen and oxygen atoms in total. The van der Waals surface area contributed by atoms with E-state index in [1.807, 2.05) is 6.92 Å². The fraction of sp³-hybridized carbons (Fsp3) is 0.533. The minimum absolute atomic E-state index is 0.0350. The molecule has 0 bridgehead atoms. The van der Waals surface area contributed by atoms with Crippen LogP contribution in [0.2, 0.25) is 5.02 Å². The molecule has 1 fully saturated rings. The summed E-state index contributed by atoms with van der Waals surface area (Å²) in [6, 6.07) is 4.79. The van der Waals surface area contributed by atoms with Gasteiger partial charge in [-0.05, 0) is 37.5 Å². The average Bonchev–Trinajstić information content (AvgIpc) is 2.47. The van der Waals surface area contributed by atoms with E-state index in [1.165, 1.54) is 19.2 Å². The normalized spacial score (nSPS) is 17.6. The molecule has 6 heteroatoms. The lowest BCUT2D eigenvalue weighted by Crippen LogP contribution is -2.45. The molecule has 1 atom stereocenters. The predicted octanol–water partition coefficient (Wildman–Crippen LogP) is 3.36. The zero-order valence-corrected chi connectivity index (χ0v) is 13.0.